The molecule has 5 heteroatoms. The first-order chi connectivity index (χ1) is 6.36. The number of hydrogen-bond donors (Lipinski definition) is 1. The fraction of sp³-hybridized carbons (Fsp3) is 0.625. The lowest BCUT2D eigenvalue weighted by Gasteiger charge is -2.00. The molecular formula is C8H13N5. The van der Waals surface area contributed by atoms with Crippen molar-refractivity contribution in [3.8, 4) is 6.07 Å². The Bertz CT molecular complexity index is 285. The number of nitrogens with one attached hydrogen (secondary N) is 1. The number of nitrogens with zero attached hydrogens (tertiary/aromatic N) is 4. The second kappa shape index (κ2) is 5.27. The van der Waals surface area contributed by atoms with Crippen LogP contribution in [0.4, 0.5) is 0 Å². The summed E-state index contributed by atoms with van der Waals surface area (Å²) in [5, 5.41) is 15.6. The van der Waals surface area contributed by atoms with Crippen molar-refractivity contribution in [3.05, 3.63) is 12.2 Å². The quantitative estimate of drug-likeness (QED) is 0.653. The average Bonchev–Trinajstić information content (AvgIpc) is 2.60. The maximum absolute atomic E-state index is 8.46. The van der Waals surface area contributed by atoms with Crippen LogP contribution >= 0.6 is 0 Å². The second-order valence-corrected chi connectivity index (χ2v) is 2.65. The lowest BCUT2D eigenvalue weighted by molar-refractivity contribution is 0.548. The van der Waals surface area contributed by atoms with E-state index in [4.69, 9.17) is 5.26 Å². The van der Waals surface area contributed by atoms with Crippen molar-refractivity contribution >= 4 is 0 Å². The lowest BCUT2D eigenvalue weighted by atomic mass is 10.4. The Hall–Kier alpha value is -1.41. The number of nitriles is 1. The van der Waals surface area contributed by atoms with Crippen LogP contribution in [0.2, 0.25) is 0 Å². The largest absolute Gasteiger partial charge is 0.317 e. The molecule has 0 aliphatic carbocycles. The van der Waals surface area contributed by atoms with E-state index in [0.717, 1.165) is 26.1 Å². The van der Waals surface area contributed by atoms with Crippen LogP contribution in [-0.2, 0) is 6.54 Å². The van der Waals surface area contributed by atoms with Gasteiger partial charge in [0.25, 0.3) is 5.82 Å². The van der Waals surface area contributed by atoms with Gasteiger partial charge in [-0.15, -0.1) is 5.10 Å². The summed E-state index contributed by atoms with van der Waals surface area (Å²) in [6.45, 7) is 4.84. The van der Waals surface area contributed by atoms with Gasteiger partial charge in [0.15, 0.2) is 0 Å². The standard InChI is InChI=1S/C8H13N5/c1-2-10-4-3-5-13-7-11-8(6-9)12-13/h7,10H,2-5H2,1H3. The van der Waals surface area contributed by atoms with Gasteiger partial charge in [0, 0.05) is 6.54 Å². The normalized spacial score (nSPS) is 9.85. The summed E-state index contributed by atoms with van der Waals surface area (Å²) in [5.74, 6) is 0.239. The summed E-state index contributed by atoms with van der Waals surface area (Å²) in [6.07, 6.45) is 2.59. The van der Waals surface area contributed by atoms with Gasteiger partial charge in [0.2, 0.25) is 0 Å². The smallest absolute Gasteiger partial charge is 0.252 e. The minimum Gasteiger partial charge on any atom is -0.317 e. The van der Waals surface area contributed by atoms with Crippen molar-refractivity contribution in [2.45, 2.75) is 19.9 Å². The molecule has 0 radical (unpaired) electrons. The molecule has 0 unspecified atom stereocenters. The van der Waals surface area contributed by atoms with Gasteiger partial charge in [-0.25, -0.2) is 4.98 Å². The van der Waals surface area contributed by atoms with E-state index in [0.29, 0.717) is 0 Å². The van der Waals surface area contributed by atoms with Crippen molar-refractivity contribution in [2.75, 3.05) is 13.1 Å². The highest BCUT2D eigenvalue weighted by molar-refractivity contribution is 5.05. The number of aromatic nitrogens is 3. The molecule has 5 nitrogen and oxygen atoms in total. The zero-order valence-corrected chi connectivity index (χ0v) is 7.69. The van der Waals surface area contributed by atoms with Gasteiger partial charge in [-0.2, -0.15) is 5.26 Å². The monoisotopic (exact) mass is 179 g/mol. The zero-order valence-electron chi connectivity index (χ0n) is 7.69. The van der Waals surface area contributed by atoms with Crippen LogP contribution < -0.4 is 5.32 Å². The third-order valence-corrected chi connectivity index (χ3v) is 1.63. The van der Waals surface area contributed by atoms with E-state index in [1.165, 1.54) is 0 Å². The topological polar surface area (TPSA) is 66.5 Å². The van der Waals surface area contributed by atoms with E-state index in [1.54, 1.807) is 11.0 Å². The molecule has 0 atom stereocenters. The molecule has 0 saturated heterocycles. The molecule has 1 aromatic rings. The van der Waals surface area contributed by atoms with E-state index < -0.39 is 0 Å². The van der Waals surface area contributed by atoms with Gasteiger partial charge in [-0.05, 0) is 19.5 Å². The zero-order chi connectivity index (χ0) is 9.52. The Balaban J connectivity index is 2.25. The summed E-state index contributed by atoms with van der Waals surface area (Å²) in [6, 6.07) is 1.89. The van der Waals surface area contributed by atoms with Crippen LogP contribution in [0.1, 0.15) is 19.2 Å². The number of hydrogen-bond acceptors (Lipinski definition) is 4. The molecule has 0 aliphatic heterocycles. The molecular weight excluding hydrogens is 166 g/mol. The van der Waals surface area contributed by atoms with Gasteiger partial charge in [0.1, 0.15) is 12.4 Å². The Morgan fingerprint density at radius 2 is 2.54 bits per heavy atom. The van der Waals surface area contributed by atoms with E-state index in [-0.39, 0.29) is 5.82 Å². The Labute approximate surface area is 77.4 Å². The van der Waals surface area contributed by atoms with Gasteiger partial charge in [0.05, 0.1) is 0 Å². The highest BCUT2D eigenvalue weighted by Crippen LogP contribution is 1.89. The lowest BCUT2D eigenvalue weighted by Crippen LogP contribution is -2.16. The van der Waals surface area contributed by atoms with Crippen molar-refractivity contribution in [1.29, 1.82) is 5.26 Å². The maximum Gasteiger partial charge on any atom is 0.252 e. The highest BCUT2D eigenvalue weighted by atomic mass is 15.3. The number of rotatable bonds is 5. The number of aryl methyl sites for hydroxylation is 1. The molecule has 0 spiro atoms. The maximum atomic E-state index is 8.46. The van der Waals surface area contributed by atoms with Crippen molar-refractivity contribution in [1.82, 2.24) is 20.1 Å². The van der Waals surface area contributed by atoms with Gasteiger partial charge in [-0.1, -0.05) is 6.92 Å². The molecule has 70 valence electrons. The summed E-state index contributed by atoms with van der Waals surface area (Å²) in [4.78, 5) is 3.80. The first-order valence-electron chi connectivity index (χ1n) is 4.37. The fourth-order valence-corrected chi connectivity index (χ4v) is 0.996. The predicted octanol–water partition coefficient (Wildman–Crippen LogP) is 0.149. The Kier molecular flexibility index (Phi) is 3.93. The summed E-state index contributed by atoms with van der Waals surface area (Å²) in [5.41, 5.74) is 0. The van der Waals surface area contributed by atoms with Crippen LogP contribution in [0.5, 0.6) is 0 Å². The minimum absolute atomic E-state index is 0.239. The van der Waals surface area contributed by atoms with Crippen LogP contribution in [0.25, 0.3) is 0 Å². The van der Waals surface area contributed by atoms with E-state index in [9.17, 15) is 0 Å². The molecule has 0 amide bonds. The molecule has 0 bridgehead atoms. The molecule has 0 saturated carbocycles. The molecule has 13 heavy (non-hydrogen) atoms. The van der Waals surface area contributed by atoms with E-state index in [1.807, 2.05) is 6.07 Å². The fourth-order valence-electron chi connectivity index (χ4n) is 0.996. The highest BCUT2D eigenvalue weighted by Gasteiger charge is 1.97. The van der Waals surface area contributed by atoms with Crippen LogP contribution in [-0.4, -0.2) is 27.9 Å². The molecule has 1 N–H and O–H groups in total. The molecule has 0 aliphatic rings. The summed E-state index contributed by atoms with van der Waals surface area (Å²) in [7, 11) is 0. The first kappa shape index (κ1) is 9.68. The van der Waals surface area contributed by atoms with Gasteiger partial charge in [-0.3, -0.25) is 4.68 Å². The van der Waals surface area contributed by atoms with Crippen LogP contribution in [0.3, 0.4) is 0 Å². The molecule has 0 aromatic carbocycles. The molecule has 1 heterocycles. The van der Waals surface area contributed by atoms with Crippen molar-refractivity contribution in [3.63, 3.8) is 0 Å². The van der Waals surface area contributed by atoms with E-state index in [2.05, 4.69) is 22.3 Å². The third-order valence-electron chi connectivity index (χ3n) is 1.63. The van der Waals surface area contributed by atoms with Crippen molar-refractivity contribution in [2.24, 2.45) is 0 Å². The third kappa shape index (κ3) is 3.22. The molecule has 1 aromatic heterocycles. The minimum atomic E-state index is 0.239. The average molecular weight is 179 g/mol. The van der Waals surface area contributed by atoms with Gasteiger partial charge < -0.3 is 5.32 Å². The van der Waals surface area contributed by atoms with Gasteiger partial charge >= 0.3 is 0 Å². The Morgan fingerprint density at radius 3 is 3.15 bits per heavy atom. The van der Waals surface area contributed by atoms with Crippen molar-refractivity contribution < 1.29 is 0 Å². The molecule has 0 fully saturated rings. The summed E-state index contributed by atoms with van der Waals surface area (Å²) < 4.78 is 1.69. The SMILES string of the molecule is CCNCCCn1cnc(C#N)n1. The molecule has 1 rings (SSSR count). The van der Waals surface area contributed by atoms with Crippen LogP contribution in [0, 0.1) is 11.3 Å². The second-order valence-electron chi connectivity index (χ2n) is 2.65. The summed E-state index contributed by atoms with van der Waals surface area (Å²) >= 11 is 0. The first-order valence-corrected chi connectivity index (χ1v) is 4.37. The van der Waals surface area contributed by atoms with Crippen LogP contribution in [0.15, 0.2) is 6.33 Å². The Morgan fingerprint density at radius 1 is 1.69 bits per heavy atom. The predicted molar refractivity (Wildman–Crippen MR) is 47.9 cm³/mol. The van der Waals surface area contributed by atoms with E-state index >= 15 is 0 Å².